The molecule has 0 aliphatic heterocycles. The minimum atomic E-state index is -2.45. The lowest BCUT2D eigenvalue weighted by molar-refractivity contribution is 0.0676. The van der Waals surface area contributed by atoms with Crippen LogP contribution in [0, 0.1) is 34.9 Å². The van der Waals surface area contributed by atoms with Crippen LogP contribution < -0.4 is 0 Å². The summed E-state index contributed by atoms with van der Waals surface area (Å²) in [6.45, 7) is 1.59. The molecule has 0 saturated carbocycles. The number of carbonyl (C=O) groups is 2. The highest BCUT2D eigenvalue weighted by Gasteiger charge is 2.41. The Hall–Kier alpha value is -3.04. The van der Waals surface area contributed by atoms with E-state index in [0.717, 1.165) is 13.8 Å². The topological polar surface area (TPSA) is 74.6 Å². The zero-order valence-electron chi connectivity index (χ0n) is 13.6. The van der Waals surface area contributed by atoms with Gasteiger partial charge >= 0.3 is 11.9 Å². The normalized spacial score (nSPS) is 11.6. The van der Waals surface area contributed by atoms with Gasteiger partial charge in [0.15, 0.2) is 17.5 Å². The SMILES string of the molecule is CC(C)(c1c(F)ccc(C(=O)O)c1F)c1c(F)c(F)c(F)c(C(=O)O)c1F. The van der Waals surface area contributed by atoms with E-state index in [1.54, 1.807) is 0 Å². The Labute approximate surface area is 147 Å². The van der Waals surface area contributed by atoms with Gasteiger partial charge in [-0.2, -0.15) is 0 Å². The van der Waals surface area contributed by atoms with E-state index < -0.39 is 74.5 Å². The highest BCUT2D eigenvalue weighted by atomic mass is 19.2. The van der Waals surface area contributed by atoms with E-state index in [9.17, 15) is 35.9 Å². The van der Waals surface area contributed by atoms with Crippen molar-refractivity contribution < 1.29 is 46.1 Å². The molecule has 0 bridgehead atoms. The largest absolute Gasteiger partial charge is 0.478 e. The van der Waals surface area contributed by atoms with Crippen LogP contribution in [0.2, 0.25) is 0 Å². The molecule has 0 radical (unpaired) electrons. The molecule has 0 aromatic heterocycles. The van der Waals surface area contributed by atoms with Crippen LogP contribution in [0.3, 0.4) is 0 Å². The van der Waals surface area contributed by atoms with Crippen LogP contribution in [-0.4, -0.2) is 22.2 Å². The van der Waals surface area contributed by atoms with Crippen molar-refractivity contribution in [2.24, 2.45) is 0 Å². The van der Waals surface area contributed by atoms with Gasteiger partial charge in [-0.3, -0.25) is 0 Å². The van der Waals surface area contributed by atoms with Gasteiger partial charge in [-0.05, 0) is 12.1 Å². The highest BCUT2D eigenvalue weighted by molar-refractivity contribution is 5.89. The average molecular weight is 392 g/mol. The molecule has 0 fully saturated rings. The van der Waals surface area contributed by atoms with Gasteiger partial charge in [0.1, 0.15) is 23.0 Å². The maximum atomic E-state index is 14.5. The summed E-state index contributed by atoms with van der Waals surface area (Å²) in [6.07, 6.45) is 0. The molecule has 0 heterocycles. The third-order valence-corrected chi connectivity index (χ3v) is 4.05. The number of hydrogen-bond donors (Lipinski definition) is 2. The molecular formula is C17H10F6O4. The van der Waals surface area contributed by atoms with Crippen molar-refractivity contribution in [1.29, 1.82) is 0 Å². The molecule has 0 saturated heterocycles. The molecule has 0 unspecified atom stereocenters. The van der Waals surface area contributed by atoms with Crippen molar-refractivity contribution >= 4 is 11.9 Å². The van der Waals surface area contributed by atoms with E-state index in [1.165, 1.54) is 0 Å². The van der Waals surface area contributed by atoms with Crippen molar-refractivity contribution in [2.75, 3.05) is 0 Å². The summed E-state index contributed by atoms with van der Waals surface area (Å²) in [5.41, 5.74) is -7.98. The molecule has 0 aliphatic carbocycles. The monoisotopic (exact) mass is 392 g/mol. The van der Waals surface area contributed by atoms with Gasteiger partial charge in [-0.15, -0.1) is 0 Å². The predicted octanol–water partition coefficient (Wildman–Crippen LogP) is 4.24. The van der Waals surface area contributed by atoms with Crippen LogP contribution in [0.15, 0.2) is 12.1 Å². The summed E-state index contributed by atoms with van der Waals surface area (Å²) in [4.78, 5) is 22.0. The maximum Gasteiger partial charge on any atom is 0.341 e. The van der Waals surface area contributed by atoms with Crippen LogP contribution in [0.4, 0.5) is 26.3 Å². The predicted molar refractivity (Wildman–Crippen MR) is 78.7 cm³/mol. The Balaban J connectivity index is 2.97. The molecule has 2 aromatic carbocycles. The van der Waals surface area contributed by atoms with Gasteiger partial charge in [0.25, 0.3) is 0 Å². The first-order valence-electron chi connectivity index (χ1n) is 7.15. The minimum Gasteiger partial charge on any atom is -0.478 e. The molecule has 4 nitrogen and oxygen atoms in total. The van der Waals surface area contributed by atoms with Gasteiger partial charge in [0, 0.05) is 16.5 Å². The number of aromatic carboxylic acids is 2. The van der Waals surface area contributed by atoms with E-state index in [1.807, 2.05) is 0 Å². The molecule has 0 aliphatic rings. The minimum absolute atomic E-state index is 0.511. The molecule has 144 valence electrons. The molecule has 2 aromatic rings. The van der Waals surface area contributed by atoms with Crippen molar-refractivity contribution in [3.05, 3.63) is 69.3 Å². The molecule has 2 N–H and O–H groups in total. The second-order valence-electron chi connectivity index (χ2n) is 6.03. The van der Waals surface area contributed by atoms with Gasteiger partial charge in [-0.1, -0.05) is 13.8 Å². The average Bonchev–Trinajstić information content (AvgIpc) is 2.51. The van der Waals surface area contributed by atoms with Crippen molar-refractivity contribution in [3.63, 3.8) is 0 Å². The lowest BCUT2D eigenvalue weighted by atomic mass is 9.75. The van der Waals surface area contributed by atoms with Crippen molar-refractivity contribution in [1.82, 2.24) is 0 Å². The molecule has 0 spiro atoms. The second-order valence-corrected chi connectivity index (χ2v) is 6.03. The van der Waals surface area contributed by atoms with Crippen LogP contribution in [0.5, 0.6) is 0 Å². The molecule has 0 atom stereocenters. The van der Waals surface area contributed by atoms with Gasteiger partial charge in [0.2, 0.25) is 0 Å². The zero-order chi connectivity index (χ0) is 20.8. The lowest BCUT2D eigenvalue weighted by Crippen LogP contribution is -2.29. The van der Waals surface area contributed by atoms with E-state index in [0.29, 0.717) is 12.1 Å². The third-order valence-electron chi connectivity index (χ3n) is 4.05. The fraction of sp³-hybridized carbons (Fsp3) is 0.176. The quantitative estimate of drug-likeness (QED) is 0.464. The second kappa shape index (κ2) is 6.60. The van der Waals surface area contributed by atoms with Crippen molar-refractivity contribution in [3.8, 4) is 0 Å². The summed E-state index contributed by atoms with van der Waals surface area (Å²) < 4.78 is 84.9. The number of rotatable bonds is 4. The summed E-state index contributed by atoms with van der Waals surface area (Å²) in [5.74, 6) is -16.2. The summed E-state index contributed by atoms with van der Waals surface area (Å²) in [5, 5.41) is 17.8. The number of carboxylic acids is 2. The Morgan fingerprint density at radius 3 is 1.78 bits per heavy atom. The van der Waals surface area contributed by atoms with Gasteiger partial charge in [0.05, 0.1) is 5.56 Å². The van der Waals surface area contributed by atoms with Crippen LogP contribution >= 0.6 is 0 Å². The Bertz CT molecular complexity index is 984. The third kappa shape index (κ3) is 3.00. The fourth-order valence-electron chi connectivity index (χ4n) is 2.79. The van der Waals surface area contributed by atoms with E-state index in [2.05, 4.69) is 0 Å². The zero-order valence-corrected chi connectivity index (χ0v) is 13.6. The number of hydrogen-bond acceptors (Lipinski definition) is 2. The Morgan fingerprint density at radius 2 is 1.30 bits per heavy atom. The lowest BCUT2D eigenvalue weighted by Gasteiger charge is -2.29. The maximum absolute atomic E-state index is 14.5. The number of halogens is 6. The van der Waals surface area contributed by atoms with Gasteiger partial charge < -0.3 is 10.2 Å². The molecule has 27 heavy (non-hydrogen) atoms. The van der Waals surface area contributed by atoms with Crippen LogP contribution in [-0.2, 0) is 5.41 Å². The first kappa shape index (κ1) is 20.3. The van der Waals surface area contributed by atoms with Crippen LogP contribution in [0.25, 0.3) is 0 Å². The Kier molecular flexibility index (Phi) is 4.96. The first-order valence-corrected chi connectivity index (χ1v) is 7.15. The number of benzene rings is 2. The van der Waals surface area contributed by atoms with Gasteiger partial charge in [-0.25, -0.2) is 35.9 Å². The first-order chi connectivity index (χ1) is 12.3. The molecular weight excluding hydrogens is 382 g/mol. The highest BCUT2D eigenvalue weighted by Crippen LogP contribution is 2.40. The van der Waals surface area contributed by atoms with Crippen LogP contribution in [0.1, 0.15) is 45.7 Å². The molecule has 0 amide bonds. The summed E-state index contributed by atoms with van der Waals surface area (Å²) >= 11 is 0. The Morgan fingerprint density at radius 1 is 0.741 bits per heavy atom. The van der Waals surface area contributed by atoms with Crippen molar-refractivity contribution in [2.45, 2.75) is 19.3 Å². The number of carboxylic acid groups (broad SMARTS) is 2. The standard InChI is InChI=1S/C17H10F6O4/c1-17(2,8-6(18)4-3-5(10(8)19)15(24)25)9-11(20)7(16(26)27)12(21)14(23)13(9)22/h3-4H,1-2H3,(H,24,25)(H,26,27). The van der Waals surface area contributed by atoms with E-state index in [4.69, 9.17) is 10.2 Å². The molecule has 10 heteroatoms. The summed E-state index contributed by atoms with van der Waals surface area (Å²) in [6, 6.07) is 1.07. The molecule has 2 rings (SSSR count). The smallest absolute Gasteiger partial charge is 0.341 e. The fourth-order valence-corrected chi connectivity index (χ4v) is 2.79. The summed E-state index contributed by atoms with van der Waals surface area (Å²) in [7, 11) is 0. The van der Waals surface area contributed by atoms with E-state index >= 15 is 0 Å². The van der Waals surface area contributed by atoms with E-state index in [-0.39, 0.29) is 0 Å².